The van der Waals surface area contributed by atoms with E-state index in [0.29, 0.717) is 11.3 Å². The molecule has 0 unspecified atom stereocenters. The van der Waals surface area contributed by atoms with Crippen LogP contribution in [-0.4, -0.2) is 25.0 Å². The van der Waals surface area contributed by atoms with E-state index in [4.69, 9.17) is 9.47 Å². The van der Waals surface area contributed by atoms with E-state index in [1.54, 1.807) is 25.3 Å². The lowest BCUT2D eigenvalue weighted by molar-refractivity contribution is -0.139. The molecule has 0 aliphatic carbocycles. The van der Waals surface area contributed by atoms with E-state index in [9.17, 15) is 9.59 Å². The molecular weight excluding hydrogens is 304 g/mol. The molecule has 0 bridgehead atoms. The monoisotopic (exact) mass is 322 g/mol. The highest BCUT2D eigenvalue weighted by atomic mass is 16.5. The van der Waals surface area contributed by atoms with Crippen LogP contribution in [0.15, 0.2) is 66.7 Å². The summed E-state index contributed by atoms with van der Waals surface area (Å²) in [6.45, 7) is 0. The van der Waals surface area contributed by atoms with E-state index in [0.717, 1.165) is 5.56 Å². The third-order valence-electron chi connectivity index (χ3n) is 4.09. The smallest absolute Gasteiger partial charge is 0.331 e. The SMILES string of the molecule is COc1cccc([C@H](CC(=O)c2ccccc2)[C@@H]2C=CC(=O)O2)c1. The first-order valence-corrected chi connectivity index (χ1v) is 7.78. The summed E-state index contributed by atoms with van der Waals surface area (Å²) in [5, 5.41) is 0. The van der Waals surface area contributed by atoms with Gasteiger partial charge in [-0.3, -0.25) is 4.79 Å². The number of ketones is 1. The number of hydrogen-bond donors (Lipinski definition) is 0. The molecule has 0 radical (unpaired) electrons. The Morgan fingerprint density at radius 3 is 2.62 bits per heavy atom. The third kappa shape index (κ3) is 3.54. The van der Waals surface area contributed by atoms with Crippen molar-refractivity contribution in [1.82, 2.24) is 0 Å². The average Bonchev–Trinajstić information content (AvgIpc) is 3.06. The summed E-state index contributed by atoms with van der Waals surface area (Å²) in [5.74, 6) is 0.0910. The third-order valence-corrected chi connectivity index (χ3v) is 4.09. The van der Waals surface area contributed by atoms with Crippen LogP contribution in [0.2, 0.25) is 0 Å². The molecule has 0 fully saturated rings. The maximum Gasteiger partial charge on any atom is 0.331 e. The molecule has 0 N–H and O–H groups in total. The number of rotatable bonds is 6. The summed E-state index contributed by atoms with van der Waals surface area (Å²) >= 11 is 0. The number of methoxy groups -OCH3 is 1. The van der Waals surface area contributed by atoms with Gasteiger partial charge < -0.3 is 9.47 Å². The van der Waals surface area contributed by atoms with E-state index in [1.807, 2.05) is 42.5 Å². The molecule has 1 heterocycles. The highest BCUT2D eigenvalue weighted by Crippen LogP contribution is 2.32. The van der Waals surface area contributed by atoms with Crippen LogP contribution in [0.4, 0.5) is 0 Å². The summed E-state index contributed by atoms with van der Waals surface area (Å²) in [7, 11) is 1.60. The van der Waals surface area contributed by atoms with Crippen LogP contribution in [-0.2, 0) is 9.53 Å². The first-order valence-electron chi connectivity index (χ1n) is 7.78. The standard InChI is InChI=1S/C20H18O4/c1-23-16-9-5-8-15(12-16)17(19-10-11-20(22)24-19)13-18(21)14-6-3-2-4-7-14/h2-12,17,19H,13H2,1H3/t17-,19-/m0/s1. The molecule has 0 spiro atoms. The second kappa shape index (κ2) is 7.13. The van der Waals surface area contributed by atoms with Gasteiger partial charge in [-0.25, -0.2) is 4.79 Å². The van der Waals surface area contributed by atoms with E-state index in [2.05, 4.69) is 0 Å². The van der Waals surface area contributed by atoms with Gasteiger partial charge in [0.15, 0.2) is 5.78 Å². The number of hydrogen-bond acceptors (Lipinski definition) is 4. The van der Waals surface area contributed by atoms with Crippen molar-refractivity contribution >= 4 is 11.8 Å². The van der Waals surface area contributed by atoms with Gasteiger partial charge in [0, 0.05) is 24.0 Å². The van der Waals surface area contributed by atoms with Crippen LogP contribution in [0, 0.1) is 0 Å². The fourth-order valence-corrected chi connectivity index (χ4v) is 2.84. The van der Waals surface area contributed by atoms with E-state index in [-0.39, 0.29) is 24.1 Å². The molecule has 0 amide bonds. The maximum absolute atomic E-state index is 12.6. The minimum Gasteiger partial charge on any atom is -0.497 e. The molecule has 0 saturated carbocycles. The second-order valence-corrected chi connectivity index (χ2v) is 5.64. The van der Waals surface area contributed by atoms with Crippen LogP contribution in [0.25, 0.3) is 0 Å². The van der Waals surface area contributed by atoms with Gasteiger partial charge in [0.25, 0.3) is 0 Å². The maximum atomic E-state index is 12.6. The zero-order valence-corrected chi connectivity index (χ0v) is 13.3. The van der Waals surface area contributed by atoms with Gasteiger partial charge in [-0.1, -0.05) is 42.5 Å². The Hall–Kier alpha value is -2.88. The van der Waals surface area contributed by atoms with Crippen molar-refractivity contribution in [2.75, 3.05) is 7.11 Å². The van der Waals surface area contributed by atoms with Gasteiger partial charge in [0.2, 0.25) is 0 Å². The largest absolute Gasteiger partial charge is 0.497 e. The van der Waals surface area contributed by atoms with Crippen molar-refractivity contribution in [1.29, 1.82) is 0 Å². The molecule has 24 heavy (non-hydrogen) atoms. The van der Waals surface area contributed by atoms with E-state index in [1.165, 1.54) is 6.08 Å². The lowest BCUT2D eigenvalue weighted by Gasteiger charge is -2.22. The van der Waals surface area contributed by atoms with Crippen molar-refractivity contribution < 1.29 is 19.1 Å². The van der Waals surface area contributed by atoms with Crippen molar-refractivity contribution in [3.63, 3.8) is 0 Å². The number of carbonyl (C=O) groups excluding carboxylic acids is 2. The van der Waals surface area contributed by atoms with E-state index < -0.39 is 6.10 Å². The molecule has 2 atom stereocenters. The number of esters is 1. The molecule has 2 aromatic carbocycles. The first-order chi connectivity index (χ1) is 11.7. The molecular formula is C20H18O4. The van der Waals surface area contributed by atoms with Crippen LogP contribution in [0.3, 0.4) is 0 Å². The zero-order chi connectivity index (χ0) is 16.9. The Labute approximate surface area is 140 Å². The lowest BCUT2D eigenvalue weighted by Crippen LogP contribution is -2.22. The molecule has 1 aliphatic heterocycles. The Bertz CT molecular complexity index is 764. The molecule has 4 nitrogen and oxygen atoms in total. The number of carbonyl (C=O) groups is 2. The average molecular weight is 322 g/mol. The fraction of sp³-hybridized carbons (Fsp3) is 0.200. The Balaban J connectivity index is 1.89. The van der Waals surface area contributed by atoms with Crippen molar-refractivity contribution in [2.24, 2.45) is 0 Å². The first kappa shape index (κ1) is 16.0. The van der Waals surface area contributed by atoms with Crippen LogP contribution in [0.5, 0.6) is 5.75 Å². The summed E-state index contributed by atoms with van der Waals surface area (Å²) in [5.41, 5.74) is 1.56. The number of Topliss-reactive ketones (excluding diaryl/α,β-unsaturated/α-hetero) is 1. The summed E-state index contributed by atoms with van der Waals surface area (Å²) in [4.78, 5) is 24.1. The number of cyclic esters (lactones) is 1. The minimum atomic E-state index is -0.447. The zero-order valence-electron chi connectivity index (χ0n) is 13.3. The summed E-state index contributed by atoms with van der Waals surface area (Å²) in [6.07, 6.45) is 2.92. The summed E-state index contributed by atoms with van der Waals surface area (Å²) < 4.78 is 10.6. The minimum absolute atomic E-state index is 0.0137. The normalized spacial score (nSPS) is 17.4. The predicted molar refractivity (Wildman–Crippen MR) is 90.1 cm³/mol. The number of ether oxygens (including phenoxy) is 2. The van der Waals surface area contributed by atoms with Crippen molar-refractivity contribution in [2.45, 2.75) is 18.4 Å². The quantitative estimate of drug-likeness (QED) is 0.603. The van der Waals surface area contributed by atoms with Gasteiger partial charge in [-0.2, -0.15) is 0 Å². The van der Waals surface area contributed by atoms with Crippen LogP contribution < -0.4 is 4.74 Å². The predicted octanol–water partition coefficient (Wildman–Crippen LogP) is 3.53. The van der Waals surface area contributed by atoms with Crippen LogP contribution in [0.1, 0.15) is 28.3 Å². The van der Waals surface area contributed by atoms with Gasteiger partial charge >= 0.3 is 5.97 Å². The van der Waals surface area contributed by atoms with Crippen LogP contribution >= 0.6 is 0 Å². The van der Waals surface area contributed by atoms with E-state index >= 15 is 0 Å². The van der Waals surface area contributed by atoms with Gasteiger partial charge in [-0.05, 0) is 23.8 Å². The fourth-order valence-electron chi connectivity index (χ4n) is 2.84. The van der Waals surface area contributed by atoms with Gasteiger partial charge in [0.1, 0.15) is 11.9 Å². The highest BCUT2D eigenvalue weighted by molar-refractivity contribution is 5.96. The highest BCUT2D eigenvalue weighted by Gasteiger charge is 2.30. The Morgan fingerprint density at radius 1 is 1.17 bits per heavy atom. The molecule has 4 heteroatoms. The lowest BCUT2D eigenvalue weighted by atomic mass is 9.87. The van der Waals surface area contributed by atoms with Crippen molar-refractivity contribution in [3.8, 4) is 5.75 Å². The van der Waals surface area contributed by atoms with Crippen molar-refractivity contribution in [3.05, 3.63) is 77.9 Å². The molecule has 0 saturated heterocycles. The van der Waals surface area contributed by atoms with Gasteiger partial charge in [-0.15, -0.1) is 0 Å². The summed E-state index contributed by atoms with van der Waals surface area (Å²) in [6, 6.07) is 16.6. The van der Waals surface area contributed by atoms with Gasteiger partial charge in [0.05, 0.1) is 7.11 Å². The number of benzene rings is 2. The molecule has 122 valence electrons. The Kier molecular flexibility index (Phi) is 4.75. The molecule has 3 rings (SSSR count). The topological polar surface area (TPSA) is 52.6 Å². The molecule has 0 aromatic heterocycles. The molecule has 1 aliphatic rings. The Morgan fingerprint density at radius 2 is 1.96 bits per heavy atom. The second-order valence-electron chi connectivity index (χ2n) is 5.64. The molecule has 2 aromatic rings.